The second kappa shape index (κ2) is 5.61. The second-order valence-electron chi connectivity index (χ2n) is 5.12. The fraction of sp³-hybridized carbons (Fsp3) is 0.571. The quantitative estimate of drug-likeness (QED) is 0.866. The molecule has 1 heterocycles. The van der Waals surface area contributed by atoms with Gasteiger partial charge in [0.05, 0.1) is 0 Å². The van der Waals surface area contributed by atoms with E-state index >= 15 is 0 Å². The Kier molecular flexibility index (Phi) is 4.13. The van der Waals surface area contributed by atoms with E-state index in [0.29, 0.717) is 12.0 Å². The summed E-state index contributed by atoms with van der Waals surface area (Å²) in [5.41, 5.74) is 1.07. The van der Waals surface area contributed by atoms with Crippen LogP contribution in [-0.4, -0.2) is 30.6 Å². The van der Waals surface area contributed by atoms with Crippen molar-refractivity contribution in [2.45, 2.75) is 26.4 Å². The molecular formula is C14H21FN2. The molecule has 1 N–H and O–H groups in total. The van der Waals surface area contributed by atoms with Gasteiger partial charge in [0.25, 0.3) is 0 Å². The summed E-state index contributed by atoms with van der Waals surface area (Å²) < 4.78 is 13.1. The van der Waals surface area contributed by atoms with E-state index in [9.17, 15) is 4.39 Å². The van der Waals surface area contributed by atoms with Crippen molar-refractivity contribution in [1.29, 1.82) is 0 Å². The molecule has 1 aliphatic heterocycles. The molecule has 2 rings (SSSR count). The van der Waals surface area contributed by atoms with Crippen molar-refractivity contribution in [3.63, 3.8) is 0 Å². The monoisotopic (exact) mass is 236 g/mol. The molecule has 3 heteroatoms. The van der Waals surface area contributed by atoms with E-state index in [4.69, 9.17) is 0 Å². The van der Waals surface area contributed by atoms with Crippen molar-refractivity contribution in [3.8, 4) is 0 Å². The molecule has 0 radical (unpaired) electrons. The first-order valence-corrected chi connectivity index (χ1v) is 6.36. The largest absolute Gasteiger partial charge is 0.314 e. The number of nitrogens with one attached hydrogen (secondary N) is 1. The van der Waals surface area contributed by atoms with Crippen molar-refractivity contribution in [1.82, 2.24) is 10.2 Å². The van der Waals surface area contributed by atoms with E-state index < -0.39 is 0 Å². The van der Waals surface area contributed by atoms with Gasteiger partial charge in [0.2, 0.25) is 0 Å². The van der Waals surface area contributed by atoms with Crippen LogP contribution in [-0.2, 0) is 6.54 Å². The standard InChI is InChI=1S/C14H21FN2/c1-11(2)14-9-16-6-7-17(14)10-12-4-3-5-13(15)8-12/h3-5,8,11,14,16H,6-7,9-10H2,1-2H3. The first-order valence-electron chi connectivity index (χ1n) is 6.36. The first-order chi connectivity index (χ1) is 8.16. The van der Waals surface area contributed by atoms with Crippen molar-refractivity contribution in [2.75, 3.05) is 19.6 Å². The highest BCUT2D eigenvalue weighted by Crippen LogP contribution is 2.16. The fourth-order valence-electron chi connectivity index (χ4n) is 2.49. The van der Waals surface area contributed by atoms with Crippen LogP contribution in [0.3, 0.4) is 0 Å². The number of benzene rings is 1. The van der Waals surface area contributed by atoms with Crippen LogP contribution >= 0.6 is 0 Å². The summed E-state index contributed by atoms with van der Waals surface area (Å²) in [5, 5.41) is 3.43. The van der Waals surface area contributed by atoms with Crippen molar-refractivity contribution in [2.24, 2.45) is 5.92 Å². The number of hydrogen-bond acceptors (Lipinski definition) is 2. The third kappa shape index (κ3) is 3.27. The van der Waals surface area contributed by atoms with Crippen molar-refractivity contribution in [3.05, 3.63) is 35.6 Å². The minimum atomic E-state index is -0.140. The summed E-state index contributed by atoms with van der Waals surface area (Å²) in [5.74, 6) is 0.482. The second-order valence-corrected chi connectivity index (χ2v) is 5.12. The molecule has 1 aromatic rings. The molecular weight excluding hydrogens is 215 g/mol. The SMILES string of the molecule is CC(C)C1CNCCN1Cc1cccc(F)c1. The van der Waals surface area contributed by atoms with Crippen LogP contribution in [0.5, 0.6) is 0 Å². The van der Waals surface area contributed by atoms with Gasteiger partial charge in [0.15, 0.2) is 0 Å². The van der Waals surface area contributed by atoms with Gasteiger partial charge in [-0.15, -0.1) is 0 Å². The molecule has 0 aliphatic carbocycles. The molecule has 94 valence electrons. The van der Waals surface area contributed by atoms with Crippen LogP contribution in [0.4, 0.5) is 4.39 Å². The van der Waals surface area contributed by atoms with Crippen molar-refractivity contribution < 1.29 is 4.39 Å². The Balaban J connectivity index is 2.05. The molecule has 17 heavy (non-hydrogen) atoms. The van der Waals surface area contributed by atoms with Gasteiger partial charge in [-0.05, 0) is 23.6 Å². The van der Waals surface area contributed by atoms with Gasteiger partial charge in [0, 0.05) is 32.2 Å². The minimum absolute atomic E-state index is 0.140. The summed E-state index contributed by atoms with van der Waals surface area (Å²) >= 11 is 0. The Bertz CT molecular complexity index is 365. The number of piperazine rings is 1. The summed E-state index contributed by atoms with van der Waals surface area (Å²) in [6.45, 7) is 8.44. The Labute approximate surface area is 103 Å². The average molecular weight is 236 g/mol. The maximum Gasteiger partial charge on any atom is 0.123 e. The van der Waals surface area contributed by atoms with E-state index in [1.54, 1.807) is 12.1 Å². The first kappa shape index (κ1) is 12.5. The topological polar surface area (TPSA) is 15.3 Å². The molecule has 0 bridgehead atoms. The average Bonchev–Trinajstić information content (AvgIpc) is 2.29. The van der Waals surface area contributed by atoms with Gasteiger partial charge in [-0.2, -0.15) is 0 Å². The molecule has 0 spiro atoms. The van der Waals surface area contributed by atoms with Crippen LogP contribution < -0.4 is 5.32 Å². The summed E-state index contributed by atoms with van der Waals surface area (Å²) in [7, 11) is 0. The molecule has 1 saturated heterocycles. The molecule has 1 atom stereocenters. The zero-order valence-corrected chi connectivity index (χ0v) is 10.6. The van der Waals surface area contributed by atoms with Gasteiger partial charge in [-0.1, -0.05) is 26.0 Å². The summed E-state index contributed by atoms with van der Waals surface area (Å²) in [6, 6.07) is 7.48. The van der Waals surface area contributed by atoms with E-state index in [0.717, 1.165) is 31.7 Å². The summed E-state index contributed by atoms with van der Waals surface area (Å²) in [6.07, 6.45) is 0. The Morgan fingerprint density at radius 3 is 3.00 bits per heavy atom. The molecule has 1 fully saturated rings. The van der Waals surface area contributed by atoms with Gasteiger partial charge in [-0.3, -0.25) is 4.90 Å². The van der Waals surface area contributed by atoms with Crippen LogP contribution in [0.15, 0.2) is 24.3 Å². The van der Waals surface area contributed by atoms with Crippen molar-refractivity contribution >= 4 is 0 Å². The van der Waals surface area contributed by atoms with Crippen LogP contribution in [0.25, 0.3) is 0 Å². The highest BCUT2D eigenvalue weighted by Gasteiger charge is 2.24. The zero-order valence-electron chi connectivity index (χ0n) is 10.6. The lowest BCUT2D eigenvalue weighted by atomic mass is 10.00. The normalized spacial score (nSPS) is 22.0. The molecule has 2 nitrogen and oxygen atoms in total. The highest BCUT2D eigenvalue weighted by molar-refractivity contribution is 5.16. The number of nitrogens with zero attached hydrogens (tertiary/aromatic N) is 1. The van der Waals surface area contributed by atoms with Crippen LogP contribution in [0, 0.1) is 11.7 Å². The predicted octanol–water partition coefficient (Wildman–Crippen LogP) is 2.26. The number of rotatable bonds is 3. The minimum Gasteiger partial charge on any atom is -0.314 e. The third-order valence-electron chi connectivity index (χ3n) is 3.44. The third-order valence-corrected chi connectivity index (χ3v) is 3.44. The molecule has 0 amide bonds. The molecule has 1 unspecified atom stereocenters. The lowest BCUT2D eigenvalue weighted by molar-refractivity contribution is 0.117. The lowest BCUT2D eigenvalue weighted by Crippen LogP contribution is -2.52. The molecule has 0 aromatic heterocycles. The Hall–Kier alpha value is -0.930. The molecule has 0 saturated carbocycles. The van der Waals surface area contributed by atoms with Gasteiger partial charge >= 0.3 is 0 Å². The highest BCUT2D eigenvalue weighted by atomic mass is 19.1. The van der Waals surface area contributed by atoms with Crippen LogP contribution in [0.2, 0.25) is 0 Å². The van der Waals surface area contributed by atoms with Gasteiger partial charge in [-0.25, -0.2) is 4.39 Å². The van der Waals surface area contributed by atoms with E-state index in [2.05, 4.69) is 24.1 Å². The number of halogens is 1. The Morgan fingerprint density at radius 2 is 2.29 bits per heavy atom. The van der Waals surface area contributed by atoms with E-state index in [1.165, 1.54) is 6.07 Å². The van der Waals surface area contributed by atoms with E-state index in [-0.39, 0.29) is 5.82 Å². The van der Waals surface area contributed by atoms with Gasteiger partial charge < -0.3 is 5.32 Å². The summed E-state index contributed by atoms with van der Waals surface area (Å²) in [4.78, 5) is 2.45. The van der Waals surface area contributed by atoms with Gasteiger partial charge in [0.1, 0.15) is 5.82 Å². The molecule has 1 aromatic carbocycles. The maximum atomic E-state index is 13.1. The zero-order chi connectivity index (χ0) is 12.3. The fourth-order valence-corrected chi connectivity index (χ4v) is 2.49. The van der Waals surface area contributed by atoms with Crippen LogP contribution in [0.1, 0.15) is 19.4 Å². The number of hydrogen-bond donors (Lipinski definition) is 1. The Morgan fingerprint density at radius 1 is 1.47 bits per heavy atom. The molecule has 1 aliphatic rings. The predicted molar refractivity (Wildman–Crippen MR) is 68.3 cm³/mol. The van der Waals surface area contributed by atoms with E-state index in [1.807, 2.05) is 6.07 Å². The maximum absolute atomic E-state index is 13.1. The smallest absolute Gasteiger partial charge is 0.123 e. The lowest BCUT2D eigenvalue weighted by Gasteiger charge is -2.38.